The summed E-state index contributed by atoms with van der Waals surface area (Å²) in [7, 11) is -7.57. The Bertz CT molecular complexity index is 625. The molecule has 19 heavy (non-hydrogen) atoms. The van der Waals surface area contributed by atoms with Crippen LogP contribution in [0.5, 0.6) is 5.75 Å². The minimum absolute atomic E-state index is 0.234. The Morgan fingerprint density at radius 1 is 1.26 bits per heavy atom. The summed E-state index contributed by atoms with van der Waals surface area (Å²) in [5.74, 6) is 0.449. The lowest BCUT2D eigenvalue weighted by Crippen LogP contribution is -2.22. The van der Waals surface area contributed by atoms with Crippen LogP contribution in [0, 0.1) is 0 Å². The van der Waals surface area contributed by atoms with E-state index < -0.39 is 24.9 Å². The Morgan fingerprint density at radius 3 is 2.53 bits per heavy atom. The van der Waals surface area contributed by atoms with Crippen LogP contribution in [0.15, 0.2) is 24.3 Å². The number of nitrogens with two attached hydrogens (primary N) is 1. The van der Waals surface area contributed by atoms with Crippen LogP contribution in [-0.2, 0) is 19.9 Å². The third kappa shape index (κ3) is 6.41. The van der Waals surface area contributed by atoms with Crippen LogP contribution in [-0.4, -0.2) is 41.3 Å². The van der Waals surface area contributed by atoms with Crippen molar-refractivity contribution in [1.82, 2.24) is 0 Å². The number of sulfonamides is 1. The van der Waals surface area contributed by atoms with Crippen molar-refractivity contribution in [2.75, 3.05) is 29.2 Å². The third-order valence-electron chi connectivity index (χ3n) is 1.86. The molecule has 0 bridgehead atoms. The minimum Gasteiger partial charge on any atom is -0.492 e. The second kappa shape index (κ2) is 6.22. The van der Waals surface area contributed by atoms with Gasteiger partial charge in [-0.2, -0.15) is 0 Å². The molecular weight excluding hydrogens is 292 g/mol. The van der Waals surface area contributed by atoms with Crippen LogP contribution in [0.1, 0.15) is 0 Å². The van der Waals surface area contributed by atoms with Gasteiger partial charge >= 0.3 is 0 Å². The Hall–Kier alpha value is -1.32. The van der Waals surface area contributed by atoms with Crippen molar-refractivity contribution in [3.8, 4) is 5.75 Å². The van der Waals surface area contributed by atoms with Crippen LogP contribution < -0.4 is 15.2 Å². The van der Waals surface area contributed by atoms with Gasteiger partial charge in [-0.05, 0) is 12.1 Å². The summed E-state index contributed by atoms with van der Waals surface area (Å²) < 4.78 is 52.6. The van der Waals surface area contributed by atoms with E-state index in [1.807, 2.05) is 0 Å². The monoisotopic (exact) mass is 308 g/mol. The molecule has 0 amide bonds. The van der Waals surface area contributed by atoms with E-state index in [0.29, 0.717) is 18.9 Å². The lowest BCUT2D eigenvalue weighted by atomic mass is 10.3. The average molecular weight is 308 g/mol. The van der Waals surface area contributed by atoms with Crippen molar-refractivity contribution >= 4 is 25.5 Å². The molecule has 9 heteroatoms. The molecule has 1 aromatic carbocycles. The standard InChI is InChI=1S/C10H16N2O5S2/c1-18(13,14)8-19(15,16)12-9-3-2-4-10(7-9)17-6-5-11/h2-4,7,12H,5-6,8,11H2,1H3. The molecule has 0 saturated carbocycles. The fourth-order valence-electron chi connectivity index (χ4n) is 1.32. The molecule has 0 unspecified atom stereocenters. The van der Waals surface area contributed by atoms with Gasteiger partial charge in [-0.3, -0.25) is 4.72 Å². The van der Waals surface area contributed by atoms with E-state index in [4.69, 9.17) is 10.5 Å². The summed E-state index contributed by atoms with van der Waals surface area (Å²) >= 11 is 0. The van der Waals surface area contributed by atoms with E-state index in [9.17, 15) is 16.8 Å². The third-order valence-corrected chi connectivity index (χ3v) is 5.36. The van der Waals surface area contributed by atoms with Gasteiger partial charge in [-0.25, -0.2) is 16.8 Å². The zero-order chi connectivity index (χ0) is 14.5. The molecule has 0 saturated heterocycles. The fraction of sp³-hybridized carbons (Fsp3) is 0.400. The second-order valence-corrected chi connectivity index (χ2v) is 8.15. The van der Waals surface area contributed by atoms with Crippen molar-refractivity contribution in [2.24, 2.45) is 5.73 Å². The number of ether oxygens (including phenoxy) is 1. The summed E-state index contributed by atoms with van der Waals surface area (Å²) in [4.78, 5) is 0. The maximum absolute atomic E-state index is 11.6. The molecule has 1 aromatic rings. The van der Waals surface area contributed by atoms with Crippen LogP contribution in [0.2, 0.25) is 0 Å². The quantitative estimate of drug-likeness (QED) is 0.718. The average Bonchev–Trinajstić information content (AvgIpc) is 2.22. The lowest BCUT2D eigenvalue weighted by Gasteiger charge is -2.09. The van der Waals surface area contributed by atoms with Crippen LogP contribution in [0.25, 0.3) is 0 Å². The summed E-state index contributed by atoms with van der Waals surface area (Å²) in [6.07, 6.45) is 0.854. The maximum Gasteiger partial charge on any atom is 0.247 e. The van der Waals surface area contributed by atoms with Gasteiger partial charge in [0.1, 0.15) is 12.4 Å². The van der Waals surface area contributed by atoms with Crippen molar-refractivity contribution in [1.29, 1.82) is 0 Å². The minimum atomic E-state index is -3.95. The smallest absolute Gasteiger partial charge is 0.247 e. The van der Waals surface area contributed by atoms with Gasteiger partial charge in [-0.15, -0.1) is 0 Å². The number of hydrogen-bond acceptors (Lipinski definition) is 6. The predicted molar refractivity (Wildman–Crippen MR) is 73.2 cm³/mol. The maximum atomic E-state index is 11.6. The molecule has 3 N–H and O–H groups in total. The first-order chi connectivity index (χ1) is 8.72. The van der Waals surface area contributed by atoms with Crippen molar-refractivity contribution in [3.05, 3.63) is 24.3 Å². The van der Waals surface area contributed by atoms with E-state index in [1.54, 1.807) is 12.1 Å². The first kappa shape index (κ1) is 15.7. The van der Waals surface area contributed by atoms with Gasteiger partial charge in [-0.1, -0.05) is 6.07 Å². The summed E-state index contributed by atoms with van der Waals surface area (Å²) in [5, 5.41) is -0.964. The molecule has 0 aliphatic heterocycles. The SMILES string of the molecule is CS(=O)(=O)CS(=O)(=O)Nc1cccc(OCCN)c1. The van der Waals surface area contributed by atoms with Gasteiger partial charge in [0.05, 0.1) is 5.69 Å². The first-order valence-electron chi connectivity index (χ1n) is 5.33. The van der Waals surface area contributed by atoms with E-state index in [2.05, 4.69) is 4.72 Å². The lowest BCUT2D eigenvalue weighted by molar-refractivity contribution is 0.328. The molecule has 0 radical (unpaired) electrons. The molecule has 108 valence electrons. The number of sulfone groups is 1. The Kier molecular flexibility index (Phi) is 5.15. The first-order valence-corrected chi connectivity index (χ1v) is 9.04. The van der Waals surface area contributed by atoms with Gasteiger partial charge in [0.25, 0.3) is 0 Å². The van der Waals surface area contributed by atoms with Gasteiger partial charge in [0, 0.05) is 18.9 Å². The molecule has 1 rings (SSSR count). The zero-order valence-electron chi connectivity index (χ0n) is 10.4. The largest absolute Gasteiger partial charge is 0.492 e. The molecule has 0 aromatic heterocycles. The molecule has 0 atom stereocenters. The summed E-state index contributed by atoms with van der Waals surface area (Å²) in [6, 6.07) is 6.18. The number of benzene rings is 1. The van der Waals surface area contributed by atoms with Gasteiger partial charge in [0.15, 0.2) is 14.9 Å². The molecule has 0 fully saturated rings. The van der Waals surface area contributed by atoms with E-state index in [1.165, 1.54) is 12.1 Å². The molecule has 0 heterocycles. The molecule has 7 nitrogen and oxygen atoms in total. The summed E-state index contributed by atoms with van der Waals surface area (Å²) in [6.45, 7) is 0.642. The molecule has 0 aliphatic rings. The highest BCUT2D eigenvalue weighted by molar-refractivity contribution is 8.08. The highest BCUT2D eigenvalue weighted by Crippen LogP contribution is 2.18. The van der Waals surface area contributed by atoms with Crippen LogP contribution in [0.4, 0.5) is 5.69 Å². The fourth-order valence-corrected chi connectivity index (χ4v) is 4.29. The Morgan fingerprint density at radius 2 is 1.95 bits per heavy atom. The van der Waals surface area contributed by atoms with Crippen molar-refractivity contribution in [2.45, 2.75) is 0 Å². The number of rotatable bonds is 7. The number of nitrogens with one attached hydrogen (secondary N) is 1. The normalized spacial score (nSPS) is 12.1. The predicted octanol–water partition coefficient (Wildman–Crippen LogP) is -0.232. The highest BCUT2D eigenvalue weighted by atomic mass is 32.3. The summed E-state index contributed by atoms with van der Waals surface area (Å²) in [5.41, 5.74) is 5.52. The second-order valence-electron chi connectivity index (χ2n) is 3.93. The molecule has 0 spiro atoms. The number of hydrogen-bond donors (Lipinski definition) is 2. The van der Waals surface area contributed by atoms with E-state index >= 15 is 0 Å². The Balaban J connectivity index is 2.82. The number of anilines is 1. The highest BCUT2D eigenvalue weighted by Gasteiger charge is 2.18. The van der Waals surface area contributed by atoms with Gasteiger partial charge < -0.3 is 10.5 Å². The Labute approximate surface area is 112 Å². The van der Waals surface area contributed by atoms with Crippen LogP contribution >= 0.6 is 0 Å². The van der Waals surface area contributed by atoms with Gasteiger partial charge in [0.2, 0.25) is 10.0 Å². The van der Waals surface area contributed by atoms with E-state index in [-0.39, 0.29) is 5.69 Å². The topological polar surface area (TPSA) is 116 Å². The van der Waals surface area contributed by atoms with E-state index in [0.717, 1.165) is 6.26 Å². The molecule has 0 aliphatic carbocycles. The van der Waals surface area contributed by atoms with Crippen molar-refractivity contribution in [3.63, 3.8) is 0 Å². The zero-order valence-corrected chi connectivity index (χ0v) is 12.0. The molecular formula is C10H16N2O5S2. The van der Waals surface area contributed by atoms with Crippen molar-refractivity contribution < 1.29 is 21.6 Å². The van der Waals surface area contributed by atoms with Crippen LogP contribution in [0.3, 0.4) is 0 Å².